The van der Waals surface area contributed by atoms with E-state index < -0.39 is 0 Å². The van der Waals surface area contributed by atoms with Gasteiger partial charge in [-0.05, 0) is 56.3 Å². The third kappa shape index (κ3) is 2.04. The van der Waals surface area contributed by atoms with Gasteiger partial charge < -0.3 is 0 Å². The van der Waals surface area contributed by atoms with Crippen LogP contribution in [-0.2, 0) is 0 Å². The molecule has 0 heteroatoms. The molecule has 0 bridgehead atoms. The summed E-state index contributed by atoms with van der Waals surface area (Å²) >= 11 is 0. The standard InChI is InChI=1S/C15H24/c1-11-6-5-7-12(2)13-10-15(3,4)14(13)9-8-11/h6,13-14H,2,5,7-10H2,1,3-4H3/b11-6-/t13-,14-/m1/s1/i2+1D2. The van der Waals surface area contributed by atoms with E-state index in [9.17, 15) is 0 Å². The Bertz CT molecular complexity index is 359. The maximum Gasteiger partial charge on any atom is 0.0537 e. The van der Waals surface area contributed by atoms with Crippen LogP contribution in [0.4, 0.5) is 0 Å². The molecule has 0 aromatic heterocycles. The fourth-order valence-corrected chi connectivity index (χ4v) is 3.35. The normalized spacial score (nSPS) is 40.5. The van der Waals surface area contributed by atoms with Crippen LogP contribution in [0.1, 0.15) is 55.6 Å². The Balaban J connectivity index is 2.24. The molecule has 2 rings (SSSR count). The highest BCUT2D eigenvalue weighted by atomic mass is 14.5. The van der Waals surface area contributed by atoms with Crippen molar-refractivity contribution in [1.82, 2.24) is 0 Å². The van der Waals surface area contributed by atoms with Crippen LogP contribution in [0.15, 0.2) is 23.8 Å². The summed E-state index contributed by atoms with van der Waals surface area (Å²) in [6.07, 6.45) is 7.86. The minimum absolute atomic E-state index is 0.0865. The topological polar surface area (TPSA) is 0 Å². The zero-order chi connectivity index (χ0) is 12.6. The SMILES string of the molecule is [2H][13C]([2H])=C1CC/C=C(/C)CC[C@@H]2[C@@H]1CC2(C)C. The van der Waals surface area contributed by atoms with E-state index in [2.05, 4.69) is 26.8 Å². The van der Waals surface area contributed by atoms with Gasteiger partial charge in [0.1, 0.15) is 0 Å². The smallest absolute Gasteiger partial charge is 0.0537 e. The van der Waals surface area contributed by atoms with E-state index in [4.69, 9.17) is 2.74 Å². The molecule has 2 aliphatic carbocycles. The zero-order valence-corrected chi connectivity index (χ0v) is 10.3. The lowest BCUT2D eigenvalue weighted by atomic mass is 9.52. The monoisotopic (exact) mass is 207 g/mol. The van der Waals surface area contributed by atoms with Gasteiger partial charge in [0.05, 0.1) is 2.74 Å². The first-order valence-electron chi connectivity index (χ1n) is 7.23. The first kappa shape index (κ1) is 8.61. The van der Waals surface area contributed by atoms with Crippen LogP contribution in [-0.4, -0.2) is 0 Å². The lowest BCUT2D eigenvalue weighted by molar-refractivity contribution is 0.00384. The summed E-state index contributed by atoms with van der Waals surface area (Å²) in [4.78, 5) is 0. The average Bonchev–Trinajstić information content (AvgIpc) is 2.26. The molecule has 0 spiro atoms. The molecule has 0 saturated heterocycles. The molecule has 0 aromatic carbocycles. The van der Waals surface area contributed by atoms with Gasteiger partial charge in [-0.2, -0.15) is 0 Å². The van der Waals surface area contributed by atoms with Gasteiger partial charge in [0.15, 0.2) is 0 Å². The Kier molecular flexibility index (Phi) is 2.19. The maximum atomic E-state index is 7.67. The highest BCUT2D eigenvalue weighted by Crippen LogP contribution is 2.56. The summed E-state index contributed by atoms with van der Waals surface area (Å²) in [5.41, 5.74) is 3.01. The molecule has 0 amide bonds. The Labute approximate surface area is 97.3 Å². The Morgan fingerprint density at radius 1 is 1.47 bits per heavy atom. The van der Waals surface area contributed by atoms with Crippen molar-refractivity contribution in [2.75, 3.05) is 0 Å². The van der Waals surface area contributed by atoms with Crippen molar-refractivity contribution in [1.29, 1.82) is 0 Å². The van der Waals surface area contributed by atoms with E-state index in [0.717, 1.165) is 18.4 Å². The van der Waals surface area contributed by atoms with Gasteiger partial charge in [0, 0.05) is 0 Å². The van der Waals surface area contributed by atoms with Gasteiger partial charge in [-0.25, -0.2) is 0 Å². The van der Waals surface area contributed by atoms with Gasteiger partial charge in [-0.3, -0.25) is 0 Å². The molecule has 84 valence electrons. The Morgan fingerprint density at radius 2 is 2.27 bits per heavy atom. The second-order valence-corrected chi connectivity index (χ2v) is 6.06. The van der Waals surface area contributed by atoms with Crippen molar-refractivity contribution < 1.29 is 2.74 Å². The van der Waals surface area contributed by atoms with Crippen LogP contribution < -0.4 is 0 Å². The van der Waals surface area contributed by atoms with E-state index in [1.807, 2.05) is 0 Å². The molecule has 1 saturated carbocycles. The molecule has 0 unspecified atom stereocenters. The van der Waals surface area contributed by atoms with Crippen LogP contribution in [0.25, 0.3) is 0 Å². The largest absolute Gasteiger partial charge is 0.0996 e. The van der Waals surface area contributed by atoms with Crippen LogP contribution in [0.3, 0.4) is 0 Å². The molecular formula is C15H24. The fraction of sp³-hybridized carbons (Fsp3) is 0.733. The minimum atomic E-state index is 0.0865. The van der Waals surface area contributed by atoms with Crippen molar-refractivity contribution in [3.63, 3.8) is 0 Å². The third-order valence-electron chi connectivity index (χ3n) is 4.44. The van der Waals surface area contributed by atoms with Gasteiger partial charge in [-0.1, -0.05) is 37.6 Å². The lowest BCUT2D eigenvalue weighted by Crippen LogP contribution is -2.44. The summed E-state index contributed by atoms with van der Waals surface area (Å²) < 4.78 is 15.3. The summed E-state index contributed by atoms with van der Waals surface area (Å²) in [7, 11) is 0. The molecule has 0 aliphatic heterocycles. The zero-order valence-electron chi connectivity index (χ0n) is 12.3. The maximum absolute atomic E-state index is 7.67. The Morgan fingerprint density at radius 3 is 2.93 bits per heavy atom. The number of allylic oxidation sites excluding steroid dienone is 3. The molecule has 0 N–H and O–H groups in total. The van der Waals surface area contributed by atoms with Crippen LogP contribution in [0.5, 0.6) is 0 Å². The average molecular weight is 207 g/mol. The molecule has 15 heavy (non-hydrogen) atoms. The van der Waals surface area contributed by atoms with Crippen molar-refractivity contribution >= 4 is 0 Å². The first-order valence-corrected chi connectivity index (χ1v) is 6.23. The van der Waals surface area contributed by atoms with Crippen LogP contribution in [0.2, 0.25) is 0 Å². The summed E-state index contributed by atoms with van der Waals surface area (Å²) in [5.74, 6) is 1.21. The molecule has 0 nitrogen and oxygen atoms in total. The van der Waals surface area contributed by atoms with Crippen LogP contribution >= 0.6 is 0 Å². The van der Waals surface area contributed by atoms with Gasteiger partial charge in [-0.15, -0.1) is 0 Å². The number of fused-ring (bicyclic) bond motifs is 1. The predicted octanol–water partition coefficient (Wildman–Crippen LogP) is 4.73. The van der Waals surface area contributed by atoms with Crippen molar-refractivity contribution in [2.24, 2.45) is 17.3 Å². The second-order valence-electron chi connectivity index (χ2n) is 6.06. The quantitative estimate of drug-likeness (QED) is 0.398. The molecule has 1 fully saturated rings. The van der Waals surface area contributed by atoms with Crippen molar-refractivity contribution in [2.45, 2.75) is 52.9 Å². The van der Waals surface area contributed by atoms with Crippen molar-refractivity contribution in [3.05, 3.63) is 23.8 Å². The number of hydrogen-bond acceptors (Lipinski definition) is 0. The van der Waals surface area contributed by atoms with Crippen molar-refractivity contribution in [3.8, 4) is 0 Å². The highest BCUT2D eigenvalue weighted by Gasteiger charge is 2.47. The number of rotatable bonds is 0. The van der Waals surface area contributed by atoms with E-state index in [-0.39, 0.29) is 6.53 Å². The van der Waals surface area contributed by atoms with Gasteiger partial charge >= 0.3 is 0 Å². The third-order valence-corrected chi connectivity index (χ3v) is 4.44. The fourth-order valence-electron chi connectivity index (χ4n) is 3.35. The molecule has 0 heterocycles. The highest BCUT2D eigenvalue weighted by molar-refractivity contribution is 5.16. The molecule has 2 aliphatic rings. The van der Waals surface area contributed by atoms with E-state index in [0.29, 0.717) is 17.3 Å². The molecule has 2 atom stereocenters. The molecular weight excluding hydrogens is 181 g/mol. The molecule has 0 radical (unpaired) electrons. The van der Waals surface area contributed by atoms with E-state index in [1.165, 1.54) is 24.8 Å². The van der Waals surface area contributed by atoms with Gasteiger partial charge in [0.25, 0.3) is 0 Å². The first-order chi connectivity index (χ1) is 7.92. The molecule has 0 aromatic rings. The van der Waals surface area contributed by atoms with Crippen LogP contribution in [0, 0.1) is 17.3 Å². The summed E-state index contributed by atoms with van der Waals surface area (Å²) in [6, 6.07) is 0. The number of hydrogen-bond donors (Lipinski definition) is 0. The van der Waals surface area contributed by atoms with E-state index >= 15 is 0 Å². The summed E-state index contributed by atoms with van der Waals surface area (Å²) in [6.45, 7) is 6.99. The Hall–Kier alpha value is -0.520. The van der Waals surface area contributed by atoms with E-state index in [1.54, 1.807) is 0 Å². The lowest BCUT2D eigenvalue weighted by Gasteiger charge is -2.53. The summed E-state index contributed by atoms with van der Waals surface area (Å²) in [5, 5.41) is 0. The second kappa shape index (κ2) is 3.81. The van der Waals surface area contributed by atoms with Gasteiger partial charge in [0.2, 0.25) is 0 Å². The minimum Gasteiger partial charge on any atom is -0.0996 e. The predicted molar refractivity (Wildman–Crippen MR) is 66.7 cm³/mol.